The number of ether oxygens (including phenoxy) is 2. The highest BCUT2D eigenvalue weighted by atomic mass is 16.5. The predicted octanol–water partition coefficient (Wildman–Crippen LogP) is 3.62. The summed E-state index contributed by atoms with van der Waals surface area (Å²) in [5.41, 5.74) is 1.21. The summed E-state index contributed by atoms with van der Waals surface area (Å²) in [5.74, 6) is 2.28. The van der Waals surface area contributed by atoms with Crippen LogP contribution in [0.5, 0.6) is 11.5 Å². The van der Waals surface area contributed by atoms with Crippen LogP contribution in [0.2, 0.25) is 0 Å². The van der Waals surface area contributed by atoms with Gasteiger partial charge in [-0.15, -0.1) is 0 Å². The van der Waals surface area contributed by atoms with E-state index in [0.29, 0.717) is 12.5 Å². The summed E-state index contributed by atoms with van der Waals surface area (Å²) < 4.78 is 11.6. The van der Waals surface area contributed by atoms with E-state index in [2.05, 4.69) is 31.3 Å². The average Bonchev–Trinajstić information content (AvgIpc) is 2.39. The van der Waals surface area contributed by atoms with E-state index in [9.17, 15) is 0 Å². The first-order chi connectivity index (χ1) is 9.21. The number of hydrogen-bond acceptors (Lipinski definition) is 3. The van der Waals surface area contributed by atoms with E-state index in [1.807, 2.05) is 20.0 Å². The molecule has 0 aliphatic heterocycles. The second-order valence-corrected chi connectivity index (χ2v) is 4.95. The van der Waals surface area contributed by atoms with Gasteiger partial charge < -0.3 is 14.8 Å². The van der Waals surface area contributed by atoms with E-state index in [-0.39, 0.29) is 0 Å². The molecule has 1 aromatic rings. The van der Waals surface area contributed by atoms with Gasteiger partial charge in [0.05, 0.1) is 13.2 Å². The average molecular weight is 265 g/mol. The van der Waals surface area contributed by atoms with Crippen LogP contribution in [0.3, 0.4) is 0 Å². The number of nitrogens with one attached hydrogen (secondary N) is 1. The molecule has 1 rings (SSSR count). The summed E-state index contributed by atoms with van der Waals surface area (Å²) in [6.07, 6.45) is 2.39. The van der Waals surface area contributed by atoms with Crippen molar-refractivity contribution in [1.82, 2.24) is 5.32 Å². The molecule has 0 saturated carbocycles. The van der Waals surface area contributed by atoms with Crippen LogP contribution in [0.25, 0.3) is 0 Å². The van der Waals surface area contributed by atoms with Crippen molar-refractivity contribution in [3.05, 3.63) is 23.8 Å². The molecule has 19 heavy (non-hydrogen) atoms. The van der Waals surface area contributed by atoms with Gasteiger partial charge in [-0.1, -0.05) is 26.3 Å². The first-order valence-electron chi connectivity index (χ1n) is 7.24. The Bertz CT molecular complexity index is 366. The highest BCUT2D eigenvalue weighted by molar-refractivity contribution is 5.43. The third-order valence-corrected chi connectivity index (χ3v) is 2.99. The zero-order valence-electron chi connectivity index (χ0n) is 12.7. The van der Waals surface area contributed by atoms with Crippen LogP contribution in [-0.2, 0) is 6.54 Å². The Kier molecular flexibility index (Phi) is 7.34. The van der Waals surface area contributed by atoms with Crippen molar-refractivity contribution in [2.75, 3.05) is 20.3 Å². The molecule has 0 bridgehead atoms. The third kappa shape index (κ3) is 5.52. The first-order valence-corrected chi connectivity index (χ1v) is 7.24. The van der Waals surface area contributed by atoms with Crippen LogP contribution < -0.4 is 14.8 Å². The van der Waals surface area contributed by atoms with Crippen LogP contribution >= 0.6 is 0 Å². The van der Waals surface area contributed by atoms with Gasteiger partial charge in [0.25, 0.3) is 0 Å². The van der Waals surface area contributed by atoms with E-state index in [4.69, 9.17) is 9.47 Å². The van der Waals surface area contributed by atoms with Gasteiger partial charge in [0, 0.05) is 6.54 Å². The molecule has 1 atom stereocenters. The Morgan fingerprint density at radius 3 is 2.58 bits per heavy atom. The molecule has 3 nitrogen and oxygen atoms in total. The summed E-state index contributed by atoms with van der Waals surface area (Å²) in [5, 5.41) is 3.14. The molecule has 0 radical (unpaired) electrons. The quantitative estimate of drug-likeness (QED) is 0.739. The molecule has 1 aromatic carbocycles. The van der Waals surface area contributed by atoms with Gasteiger partial charge in [0.15, 0.2) is 11.5 Å². The van der Waals surface area contributed by atoms with Crippen molar-refractivity contribution in [3.63, 3.8) is 0 Å². The summed E-state index contributed by atoms with van der Waals surface area (Å²) in [4.78, 5) is 0. The van der Waals surface area contributed by atoms with E-state index in [1.165, 1.54) is 18.4 Å². The molecule has 0 amide bonds. The number of benzene rings is 1. The van der Waals surface area contributed by atoms with Gasteiger partial charge in [-0.05, 0) is 44.0 Å². The van der Waals surface area contributed by atoms with Crippen LogP contribution in [0.4, 0.5) is 0 Å². The van der Waals surface area contributed by atoms with Gasteiger partial charge in [0.1, 0.15) is 0 Å². The second-order valence-electron chi connectivity index (χ2n) is 4.95. The summed E-state index contributed by atoms with van der Waals surface area (Å²) in [6, 6.07) is 6.15. The minimum absolute atomic E-state index is 0.580. The number of rotatable bonds is 9. The van der Waals surface area contributed by atoms with Crippen molar-refractivity contribution >= 4 is 0 Å². The van der Waals surface area contributed by atoms with Gasteiger partial charge in [0.2, 0.25) is 0 Å². The summed E-state index contributed by atoms with van der Waals surface area (Å²) in [7, 11) is 1.94. The predicted molar refractivity (Wildman–Crippen MR) is 79.9 cm³/mol. The lowest BCUT2D eigenvalue weighted by Gasteiger charge is -2.16. The van der Waals surface area contributed by atoms with Crippen LogP contribution in [0.15, 0.2) is 18.2 Å². The SMILES string of the molecule is CCCC(C)COc1ccc(CNC)cc1OCC. The van der Waals surface area contributed by atoms with Crippen molar-refractivity contribution in [1.29, 1.82) is 0 Å². The smallest absolute Gasteiger partial charge is 0.161 e. The van der Waals surface area contributed by atoms with Gasteiger partial charge in [-0.25, -0.2) is 0 Å². The maximum absolute atomic E-state index is 5.89. The standard InChI is InChI=1S/C16H27NO2/c1-5-7-13(3)12-19-15-9-8-14(11-17-4)10-16(15)18-6-2/h8-10,13,17H,5-7,11-12H2,1-4H3. The van der Waals surface area contributed by atoms with Crippen LogP contribution in [0, 0.1) is 5.92 Å². The van der Waals surface area contributed by atoms with Crippen molar-refractivity contribution < 1.29 is 9.47 Å². The van der Waals surface area contributed by atoms with Gasteiger partial charge in [-0.2, -0.15) is 0 Å². The Morgan fingerprint density at radius 1 is 1.16 bits per heavy atom. The maximum Gasteiger partial charge on any atom is 0.161 e. The topological polar surface area (TPSA) is 30.5 Å². The monoisotopic (exact) mass is 265 g/mol. The zero-order valence-corrected chi connectivity index (χ0v) is 12.7. The molecule has 0 fully saturated rings. The highest BCUT2D eigenvalue weighted by Gasteiger charge is 2.08. The molecule has 0 aliphatic rings. The highest BCUT2D eigenvalue weighted by Crippen LogP contribution is 2.29. The van der Waals surface area contributed by atoms with Crippen molar-refractivity contribution in [2.45, 2.75) is 40.2 Å². The summed E-state index contributed by atoms with van der Waals surface area (Å²) >= 11 is 0. The lowest BCUT2D eigenvalue weighted by Crippen LogP contribution is -2.10. The lowest BCUT2D eigenvalue weighted by molar-refractivity contribution is 0.234. The number of hydrogen-bond donors (Lipinski definition) is 1. The van der Waals surface area contributed by atoms with Crippen molar-refractivity contribution in [3.8, 4) is 11.5 Å². The zero-order chi connectivity index (χ0) is 14.1. The molecule has 0 saturated heterocycles. The molecule has 0 aromatic heterocycles. The van der Waals surface area contributed by atoms with Crippen LogP contribution in [-0.4, -0.2) is 20.3 Å². The Hall–Kier alpha value is -1.22. The third-order valence-electron chi connectivity index (χ3n) is 2.99. The molecule has 0 spiro atoms. The second kappa shape index (κ2) is 8.81. The molecule has 1 N–H and O–H groups in total. The Labute approximate surface area is 117 Å². The molecular formula is C16H27NO2. The fourth-order valence-electron chi connectivity index (χ4n) is 2.06. The van der Waals surface area contributed by atoms with E-state index < -0.39 is 0 Å². The molecular weight excluding hydrogens is 238 g/mol. The van der Waals surface area contributed by atoms with Gasteiger partial charge >= 0.3 is 0 Å². The Balaban J connectivity index is 2.69. The summed E-state index contributed by atoms with van der Waals surface area (Å²) in [6.45, 7) is 8.66. The van der Waals surface area contributed by atoms with Crippen LogP contribution in [0.1, 0.15) is 39.2 Å². The normalized spacial score (nSPS) is 12.2. The van der Waals surface area contributed by atoms with E-state index in [1.54, 1.807) is 0 Å². The maximum atomic E-state index is 5.89. The Morgan fingerprint density at radius 2 is 1.95 bits per heavy atom. The lowest BCUT2D eigenvalue weighted by atomic mass is 10.1. The van der Waals surface area contributed by atoms with Gasteiger partial charge in [-0.3, -0.25) is 0 Å². The molecule has 1 unspecified atom stereocenters. The largest absolute Gasteiger partial charge is 0.490 e. The molecule has 0 heterocycles. The minimum atomic E-state index is 0.580. The molecule has 3 heteroatoms. The fourth-order valence-corrected chi connectivity index (χ4v) is 2.06. The van der Waals surface area contributed by atoms with E-state index >= 15 is 0 Å². The van der Waals surface area contributed by atoms with Crippen molar-refractivity contribution in [2.24, 2.45) is 5.92 Å². The van der Waals surface area contributed by atoms with E-state index in [0.717, 1.165) is 24.7 Å². The minimum Gasteiger partial charge on any atom is -0.490 e. The molecule has 108 valence electrons. The fraction of sp³-hybridized carbons (Fsp3) is 0.625. The molecule has 0 aliphatic carbocycles. The first kappa shape index (κ1) is 15.8.